The summed E-state index contributed by atoms with van der Waals surface area (Å²) in [5, 5.41) is 6.35. The quantitative estimate of drug-likeness (QED) is 0.845. The molecule has 19 heavy (non-hydrogen) atoms. The molecule has 0 saturated carbocycles. The van der Waals surface area contributed by atoms with E-state index in [0.717, 1.165) is 25.2 Å². The van der Waals surface area contributed by atoms with Crippen LogP contribution in [0.3, 0.4) is 0 Å². The Morgan fingerprint density at radius 2 is 2.26 bits per heavy atom. The van der Waals surface area contributed by atoms with E-state index in [2.05, 4.69) is 10.6 Å². The van der Waals surface area contributed by atoms with E-state index in [4.69, 9.17) is 4.74 Å². The summed E-state index contributed by atoms with van der Waals surface area (Å²) in [7, 11) is 1.57. The molecule has 1 amide bonds. The summed E-state index contributed by atoms with van der Waals surface area (Å²) in [5.41, 5.74) is 0.893. The zero-order valence-electron chi connectivity index (χ0n) is 11.4. The highest BCUT2D eigenvalue weighted by molar-refractivity contribution is 5.82. The molecule has 1 fully saturated rings. The fourth-order valence-electron chi connectivity index (χ4n) is 2.46. The minimum Gasteiger partial charge on any atom is -0.367 e. The van der Waals surface area contributed by atoms with E-state index in [0.29, 0.717) is 5.92 Å². The van der Waals surface area contributed by atoms with Gasteiger partial charge in [0.2, 0.25) is 0 Å². The van der Waals surface area contributed by atoms with Crippen LogP contribution in [0, 0.1) is 5.92 Å². The van der Waals surface area contributed by atoms with Crippen LogP contribution in [0.15, 0.2) is 30.3 Å². The topological polar surface area (TPSA) is 50.4 Å². The Kier molecular flexibility index (Phi) is 5.36. The molecule has 0 spiro atoms. The van der Waals surface area contributed by atoms with Gasteiger partial charge in [-0.25, -0.2) is 0 Å². The van der Waals surface area contributed by atoms with Crippen LogP contribution in [0.5, 0.6) is 0 Å². The average Bonchev–Trinajstić information content (AvgIpc) is 2.48. The van der Waals surface area contributed by atoms with Crippen LogP contribution in [0.1, 0.15) is 24.5 Å². The Morgan fingerprint density at radius 1 is 1.47 bits per heavy atom. The molecule has 1 saturated heterocycles. The second-order valence-corrected chi connectivity index (χ2v) is 4.98. The van der Waals surface area contributed by atoms with E-state index < -0.39 is 6.10 Å². The molecule has 104 valence electrons. The summed E-state index contributed by atoms with van der Waals surface area (Å²) in [6.07, 6.45) is 1.85. The van der Waals surface area contributed by atoms with Gasteiger partial charge in [0.15, 0.2) is 6.10 Å². The molecule has 0 radical (unpaired) electrons. The third-order valence-corrected chi connectivity index (χ3v) is 3.54. The fraction of sp³-hybridized carbons (Fsp3) is 0.533. The Labute approximate surface area is 114 Å². The third-order valence-electron chi connectivity index (χ3n) is 3.54. The van der Waals surface area contributed by atoms with E-state index in [-0.39, 0.29) is 5.91 Å². The van der Waals surface area contributed by atoms with Crippen molar-refractivity contribution in [1.29, 1.82) is 0 Å². The Bertz CT molecular complexity index is 388. The lowest BCUT2D eigenvalue weighted by Gasteiger charge is -2.24. The van der Waals surface area contributed by atoms with Crippen LogP contribution >= 0.6 is 0 Å². The molecule has 2 unspecified atom stereocenters. The van der Waals surface area contributed by atoms with Gasteiger partial charge in [-0.05, 0) is 37.4 Å². The lowest BCUT2D eigenvalue weighted by atomic mass is 9.99. The van der Waals surface area contributed by atoms with Gasteiger partial charge in [0, 0.05) is 13.7 Å². The number of carbonyl (C=O) groups excluding carboxylic acids is 1. The minimum atomic E-state index is -0.516. The van der Waals surface area contributed by atoms with E-state index in [1.807, 2.05) is 30.3 Å². The number of hydrogen-bond acceptors (Lipinski definition) is 3. The van der Waals surface area contributed by atoms with E-state index in [1.54, 1.807) is 7.11 Å². The number of amides is 1. The molecule has 0 aliphatic carbocycles. The first-order valence-electron chi connectivity index (χ1n) is 6.87. The number of nitrogens with one attached hydrogen (secondary N) is 2. The van der Waals surface area contributed by atoms with Crippen LogP contribution in [-0.4, -0.2) is 32.7 Å². The molecule has 4 heteroatoms. The normalized spacial score (nSPS) is 20.8. The summed E-state index contributed by atoms with van der Waals surface area (Å²) >= 11 is 0. The Hall–Kier alpha value is -1.39. The number of rotatable bonds is 5. The largest absolute Gasteiger partial charge is 0.367 e. The smallest absolute Gasteiger partial charge is 0.253 e. The maximum Gasteiger partial charge on any atom is 0.253 e. The van der Waals surface area contributed by atoms with Crippen molar-refractivity contribution in [1.82, 2.24) is 10.6 Å². The SMILES string of the molecule is COC(C(=O)NCC1CCCNC1)c1ccccc1. The molecule has 1 aliphatic heterocycles. The molecule has 2 rings (SSSR count). The van der Waals surface area contributed by atoms with Crippen LogP contribution in [0.4, 0.5) is 0 Å². The molecule has 1 aromatic rings. The van der Waals surface area contributed by atoms with Crippen LogP contribution in [-0.2, 0) is 9.53 Å². The maximum atomic E-state index is 12.2. The summed E-state index contributed by atoms with van der Waals surface area (Å²) < 4.78 is 5.31. The first kappa shape index (κ1) is 14.0. The molecule has 0 bridgehead atoms. The highest BCUT2D eigenvalue weighted by atomic mass is 16.5. The van der Waals surface area contributed by atoms with Gasteiger partial charge in [0.25, 0.3) is 5.91 Å². The lowest BCUT2D eigenvalue weighted by Crippen LogP contribution is -2.39. The average molecular weight is 262 g/mol. The summed E-state index contributed by atoms with van der Waals surface area (Å²) in [6, 6.07) is 9.59. The number of piperidine rings is 1. The molecule has 1 aromatic carbocycles. The second-order valence-electron chi connectivity index (χ2n) is 4.98. The van der Waals surface area contributed by atoms with Gasteiger partial charge in [0.1, 0.15) is 0 Å². The first-order chi connectivity index (χ1) is 9.31. The summed E-state index contributed by atoms with van der Waals surface area (Å²) in [5.74, 6) is 0.477. The zero-order valence-corrected chi connectivity index (χ0v) is 11.4. The van der Waals surface area contributed by atoms with Gasteiger partial charge in [-0.3, -0.25) is 4.79 Å². The van der Waals surface area contributed by atoms with Crippen molar-refractivity contribution in [2.24, 2.45) is 5.92 Å². The summed E-state index contributed by atoms with van der Waals surface area (Å²) in [6.45, 7) is 2.80. The molecule has 1 heterocycles. The highest BCUT2D eigenvalue weighted by Crippen LogP contribution is 2.16. The van der Waals surface area contributed by atoms with Crippen molar-refractivity contribution < 1.29 is 9.53 Å². The van der Waals surface area contributed by atoms with Crippen molar-refractivity contribution in [2.75, 3.05) is 26.7 Å². The minimum absolute atomic E-state index is 0.0562. The maximum absolute atomic E-state index is 12.2. The van der Waals surface area contributed by atoms with Gasteiger partial charge in [0.05, 0.1) is 0 Å². The van der Waals surface area contributed by atoms with E-state index in [9.17, 15) is 4.79 Å². The number of carbonyl (C=O) groups is 1. The molecule has 2 atom stereocenters. The van der Waals surface area contributed by atoms with Gasteiger partial charge in [-0.2, -0.15) is 0 Å². The molecule has 4 nitrogen and oxygen atoms in total. The molecule has 2 N–H and O–H groups in total. The van der Waals surface area contributed by atoms with Crippen molar-refractivity contribution in [3.63, 3.8) is 0 Å². The van der Waals surface area contributed by atoms with Crippen molar-refractivity contribution in [2.45, 2.75) is 18.9 Å². The predicted octanol–water partition coefficient (Wildman–Crippen LogP) is 1.49. The standard InChI is InChI=1S/C15H22N2O2/c1-19-14(13-7-3-2-4-8-13)15(18)17-11-12-6-5-9-16-10-12/h2-4,7-8,12,14,16H,5-6,9-11H2,1H3,(H,17,18). The van der Waals surface area contributed by atoms with Gasteiger partial charge in [-0.15, -0.1) is 0 Å². The van der Waals surface area contributed by atoms with Crippen molar-refractivity contribution in [3.05, 3.63) is 35.9 Å². The van der Waals surface area contributed by atoms with E-state index >= 15 is 0 Å². The lowest BCUT2D eigenvalue weighted by molar-refractivity contribution is -0.131. The third kappa shape index (κ3) is 4.04. The predicted molar refractivity (Wildman–Crippen MR) is 74.8 cm³/mol. The first-order valence-corrected chi connectivity index (χ1v) is 6.87. The molecule has 1 aliphatic rings. The zero-order chi connectivity index (χ0) is 13.5. The fourth-order valence-corrected chi connectivity index (χ4v) is 2.46. The second kappa shape index (κ2) is 7.26. The monoisotopic (exact) mass is 262 g/mol. The Balaban J connectivity index is 1.86. The number of ether oxygens (including phenoxy) is 1. The van der Waals surface area contributed by atoms with E-state index in [1.165, 1.54) is 12.8 Å². The van der Waals surface area contributed by atoms with Crippen LogP contribution in [0.25, 0.3) is 0 Å². The Morgan fingerprint density at radius 3 is 2.89 bits per heavy atom. The molecular weight excluding hydrogens is 240 g/mol. The van der Waals surface area contributed by atoms with Gasteiger partial charge in [-0.1, -0.05) is 30.3 Å². The van der Waals surface area contributed by atoms with Crippen molar-refractivity contribution in [3.8, 4) is 0 Å². The van der Waals surface area contributed by atoms with Crippen LogP contribution in [0.2, 0.25) is 0 Å². The van der Waals surface area contributed by atoms with Gasteiger partial charge >= 0.3 is 0 Å². The van der Waals surface area contributed by atoms with Gasteiger partial charge < -0.3 is 15.4 Å². The highest BCUT2D eigenvalue weighted by Gasteiger charge is 2.21. The number of methoxy groups -OCH3 is 1. The van der Waals surface area contributed by atoms with Crippen LogP contribution < -0.4 is 10.6 Å². The molecular formula is C15H22N2O2. The molecule has 0 aromatic heterocycles. The number of hydrogen-bond donors (Lipinski definition) is 2. The summed E-state index contributed by atoms with van der Waals surface area (Å²) in [4.78, 5) is 12.2. The van der Waals surface area contributed by atoms with Crippen molar-refractivity contribution >= 4 is 5.91 Å². The number of benzene rings is 1.